The van der Waals surface area contributed by atoms with E-state index in [0.717, 1.165) is 23.8 Å². The van der Waals surface area contributed by atoms with Gasteiger partial charge in [-0.3, -0.25) is 9.36 Å². The summed E-state index contributed by atoms with van der Waals surface area (Å²) in [6, 6.07) is 3.19. The Morgan fingerprint density at radius 1 is 1.35 bits per heavy atom. The van der Waals surface area contributed by atoms with Gasteiger partial charge < -0.3 is 0 Å². The van der Waals surface area contributed by atoms with Crippen LogP contribution in [0.2, 0.25) is 0 Å². The Kier molecular flexibility index (Phi) is 3.10. The standard InChI is InChI=1S/C14H10F2N2OS/c1-8-6-20-13-12(8)17-7-18(14(13)19)5-9-4-10(15)2-3-11(9)16/h2-4,6-7H,5H2,1H3. The molecule has 3 nitrogen and oxygen atoms in total. The number of nitrogens with zero attached hydrogens (tertiary/aromatic N) is 2. The Hall–Kier alpha value is -2.08. The molecule has 102 valence electrons. The molecule has 2 heterocycles. The maximum Gasteiger partial charge on any atom is 0.271 e. The van der Waals surface area contributed by atoms with Gasteiger partial charge in [0.25, 0.3) is 5.56 Å². The molecule has 0 saturated carbocycles. The normalized spacial score (nSPS) is 11.2. The molecular weight excluding hydrogens is 282 g/mol. The monoisotopic (exact) mass is 292 g/mol. The fourth-order valence-corrected chi connectivity index (χ4v) is 2.97. The highest BCUT2D eigenvalue weighted by atomic mass is 32.1. The number of aromatic nitrogens is 2. The van der Waals surface area contributed by atoms with Crippen molar-refractivity contribution in [3.63, 3.8) is 0 Å². The third kappa shape index (κ3) is 2.12. The van der Waals surface area contributed by atoms with Gasteiger partial charge in [-0.05, 0) is 36.1 Å². The Labute approximate surface area is 117 Å². The predicted octanol–water partition coefficient (Wildman–Crippen LogP) is 3.09. The molecule has 0 amide bonds. The van der Waals surface area contributed by atoms with Crippen LogP contribution < -0.4 is 5.56 Å². The molecule has 1 aromatic carbocycles. The Balaban J connectivity index is 2.09. The summed E-state index contributed by atoms with van der Waals surface area (Å²) in [5.41, 5.74) is 1.49. The van der Waals surface area contributed by atoms with Crippen LogP contribution in [0.5, 0.6) is 0 Å². The van der Waals surface area contributed by atoms with Crippen molar-refractivity contribution in [2.75, 3.05) is 0 Å². The molecule has 0 spiro atoms. The average molecular weight is 292 g/mol. The molecule has 0 bridgehead atoms. The van der Waals surface area contributed by atoms with Crippen molar-refractivity contribution in [1.29, 1.82) is 0 Å². The zero-order valence-corrected chi connectivity index (χ0v) is 11.4. The van der Waals surface area contributed by atoms with Gasteiger partial charge in [0.1, 0.15) is 16.3 Å². The van der Waals surface area contributed by atoms with E-state index < -0.39 is 11.6 Å². The van der Waals surface area contributed by atoms with Crippen LogP contribution in [0, 0.1) is 18.6 Å². The first-order valence-electron chi connectivity index (χ1n) is 5.93. The largest absolute Gasteiger partial charge is 0.293 e. The van der Waals surface area contributed by atoms with Gasteiger partial charge >= 0.3 is 0 Å². The fraction of sp³-hybridized carbons (Fsp3) is 0.143. The third-order valence-electron chi connectivity index (χ3n) is 3.07. The van der Waals surface area contributed by atoms with Gasteiger partial charge in [-0.2, -0.15) is 0 Å². The van der Waals surface area contributed by atoms with Crippen molar-refractivity contribution in [2.24, 2.45) is 0 Å². The van der Waals surface area contributed by atoms with E-state index >= 15 is 0 Å². The Bertz CT molecular complexity index is 854. The molecule has 3 rings (SSSR count). The number of hydrogen-bond acceptors (Lipinski definition) is 3. The molecule has 0 unspecified atom stereocenters. The van der Waals surface area contributed by atoms with Crippen LogP contribution in [0.3, 0.4) is 0 Å². The first kappa shape index (κ1) is 12.9. The lowest BCUT2D eigenvalue weighted by molar-refractivity contribution is 0.574. The molecule has 2 aromatic heterocycles. The highest BCUT2D eigenvalue weighted by Gasteiger charge is 2.10. The summed E-state index contributed by atoms with van der Waals surface area (Å²) in [5, 5.41) is 1.85. The van der Waals surface area contributed by atoms with Gasteiger partial charge in [-0.1, -0.05) is 0 Å². The summed E-state index contributed by atoms with van der Waals surface area (Å²) in [5.74, 6) is -1.07. The van der Waals surface area contributed by atoms with Crippen LogP contribution in [0.15, 0.2) is 34.7 Å². The first-order chi connectivity index (χ1) is 9.56. The summed E-state index contributed by atoms with van der Waals surface area (Å²) < 4.78 is 28.6. The highest BCUT2D eigenvalue weighted by molar-refractivity contribution is 7.17. The summed E-state index contributed by atoms with van der Waals surface area (Å²) >= 11 is 1.31. The minimum absolute atomic E-state index is 0.0394. The number of hydrogen-bond donors (Lipinski definition) is 0. The summed E-state index contributed by atoms with van der Waals surface area (Å²) in [6.07, 6.45) is 1.37. The van der Waals surface area contributed by atoms with Gasteiger partial charge in [0.15, 0.2) is 0 Å². The topological polar surface area (TPSA) is 34.9 Å². The quantitative estimate of drug-likeness (QED) is 0.727. The van der Waals surface area contributed by atoms with E-state index in [9.17, 15) is 13.6 Å². The molecule has 3 aromatic rings. The SMILES string of the molecule is Cc1csc2c(=O)n(Cc3cc(F)ccc3F)cnc12. The van der Waals surface area contributed by atoms with E-state index in [4.69, 9.17) is 0 Å². The number of thiophene rings is 1. The maximum atomic E-state index is 13.6. The van der Waals surface area contributed by atoms with Gasteiger partial charge in [0, 0.05) is 5.56 Å². The predicted molar refractivity (Wildman–Crippen MR) is 74.1 cm³/mol. The lowest BCUT2D eigenvalue weighted by Gasteiger charge is -2.06. The summed E-state index contributed by atoms with van der Waals surface area (Å²) in [6.45, 7) is 1.84. The van der Waals surface area contributed by atoms with Gasteiger partial charge in [0.2, 0.25) is 0 Å². The zero-order chi connectivity index (χ0) is 14.3. The molecule has 0 atom stereocenters. The number of benzene rings is 1. The van der Waals surface area contributed by atoms with Crippen molar-refractivity contribution in [3.8, 4) is 0 Å². The minimum Gasteiger partial charge on any atom is -0.293 e. The Morgan fingerprint density at radius 2 is 2.15 bits per heavy atom. The molecule has 0 aliphatic carbocycles. The molecule has 0 fully saturated rings. The van der Waals surface area contributed by atoms with Crippen LogP contribution in [0.4, 0.5) is 8.78 Å². The van der Waals surface area contributed by atoms with Crippen LogP contribution in [0.1, 0.15) is 11.1 Å². The average Bonchev–Trinajstić information content (AvgIpc) is 2.79. The Morgan fingerprint density at radius 3 is 2.95 bits per heavy atom. The van der Waals surface area contributed by atoms with E-state index in [2.05, 4.69) is 4.98 Å². The van der Waals surface area contributed by atoms with Gasteiger partial charge in [0.05, 0.1) is 18.4 Å². The lowest BCUT2D eigenvalue weighted by Crippen LogP contribution is -2.21. The van der Waals surface area contributed by atoms with Crippen LogP contribution >= 0.6 is 11.3 Å². The number of rotatable bonds is 2. The van der Waals surface area contributed by atoms with Crippen molar-refractivity contribution >= 4 is 21.6 Å². The molecular formula is C14H10F2N2OS. The third-order valence-corrected chi connectivity index (χ3v) is 4.15. The molecule has 0 aliphatic rings. The van der Waals surface area contributed by atoms with Crippen molar-refractivity contribution < 1.29 is 8.78 Å². The van der Waals surface area contributed by atoms with Crippen LogP contribution in [0.25, 0.3) is 10.2 Å². The second kappa shape index (κ2) is 4.79. The molecule has 0 radical (unpaired) electrons. The highest BCUT2D eigenvalue weighted by Crippen LogP contribution is 2.19. The zero-order valence-electron chi connectivity index (χ0n) is 10.6. The molecule has 20 heavy (non-hydrogen) atoms. The van der Waals surface area contributed by atoms with Gasteiger partial charge in [-0.15, -0.1) is 11.3 Å². The molecule has 0 aliphatic heterocycles. The van der Waals surface area contributed by atoms with E-state index in [1.165, 1.54) is 22.2 Å². The minimum atomic E-state index is -0.541. The molecule has 0 saturated heterocycles. The molecule has 0 N–H and O–H groups in total. The second-order valence-electron chi connectivity index (χ2n) is 4.51. The molecule has 6 heteroatoms. The van der Waals surface area contributed by atoms with Crippen LogP contribution in [-0.4, -0.2) is 9.55 Å². The van der Waals surface area contributed by atoms with E-state index in [1.807, 2.05) is 12.3 Å². The summed E-state index contributed by atoms with van der Waals surface area (Å²) in [4.78, 5) is 16.5. The number of halogens is 2. The number of fused-ring (bicyclic) bond motifs is 1. The number of aryl methyl sites for hydroxylation is 1. The summed E-state index contributed by atoms with van der Waals surface area (Å²) in [7, 11) is 0. The smallest absolute Gasteiger partial charge is 0.271 e. The van der Waals surface area contributed by atoms with Crippen molar-refractivity contribution in [2.45, 2.75) is 13.5 Å². The van der Waals surface area contributed by atoms with E-state index in [1.54, 1.807) is 0 Å². The van der Waals surface area contributed by atoms with E-state index in [-0.39, 0.29) is 17.7 Å². The second-order valence-corrected chi connectivity index (χ2v) is 5.39. The lowest BCUT2D eigenvalue weighted by atomic mass is 10.2. The van der Waals surface area contributed by atoms with Crippen molar-refractivity contribution in [1.82, 2.24) is 9.55 Å². The maximum absolute atomic E-state index is 13.6. The first-order valence-corrected chi connectivity index (χ1v) is 6.81. The van der Waals surface area contributed by atoms with Crippen molar-refractivity contribution in [3.05, 3.63) is 63.0 Å². The van der Waals surface area contributed by atoms with Crippen LogP contribution in [-0.2, 0) is 6.54 Å². The fourth-order valence-electron chi connectivity index (χ4n) is 2.02. The van der Waals surface area contributed by atoms with Gasteiger partial charge in [-0.25, -0.2) is 13.8 Å². The van der Waals surface area contributed by atoms with E-state index in [0.29, 0.717) is 10.2 Å².